The molecule has 4 rings (SSSR count). The van der Waals surface area contributed by atoms with Crippen LogP contribution in [-0.4, -0.2) is 40.5 Å². The Hall–Kier alpha value is -4.47. The normalized spacial score (nSPS) is 15.9. The number of carbonyl (C=O) groups is 4. The first kappa shape index (κ1) is 28.5. The molecule has 0 spiro atoms. The van der Waals surface area contributed by atoms with Crippen LogP contribution in [-0.2, 0) is 44.9 Å². The van der Waals surface area contributed by atoms with E-state index in [1.54, 1.807) is 30.3 Å². The summed E-state index contributed by atoms with van der Waals surface area (Å²) in [6.45, 7) is 0.0688. The highest BCUT2D eigenvalue weighted by atomic mass is 19.4. The van der Waals surface area contributed by atoms with E-state index in [2.05, 4.69) is 10.6 Å². The molecule has 1 unspecified atom stereocenters. The van der Waals surface area contributed by atoms with Crippen molar-refractivity contribution in [3.8, 4) is 0 Å². The van der Waals surface area contributed by atoms with Gasteiger partial charge in [0.2, 0.25) is 17.6 Å². The molecular weight excluding hydrogens is 523 g/mol. The van der Waals surface area contributed by atoms with E-state index < -0.39 is 41.4 Å². The Kier molecular flexibility index (Phi) is 8.98. The molecule has 3 aromatic rings. The molecule has 10 heteroatoms. The van der Waals surface area contributed by atoms with Crippen molar-refractivity contribution >= 4 is 23.5 Å². The van der Waals surface area contributed by atoms with Gasteiger partial charge in [-0.2, -0.15) is 13.2 Å². The molecule has 7 nitrogen and oxygen atoms in total. The average molecular weight is 552 g/mol. The second-order valence-electron chi connectivity index (χ2n) is 9.55. The molecule has 2 N–H and O–H groups in total. The van der Waals surface area contributed by atoms with Crippen molar-refractivity contribution in [1.82, 2.24) is 15.5 Å². The Bertz CT molecular complexity index is 1350. The van der Waals surface area contributed by atoms with Gasteiger partial charge in [0.05, 0.1) is 5.56 Å². The van der Waals surface area contributed by atoms with Crippen LogP contribution in [0.5, 0.6) is 0 Å². The highest BCUT2D eigenvalue weighted by Gasteiger charge is 2.38. The van der Waals surface area contributed by atoms with Gasteiger partial charge in [-0.25, -0.2) is 0 Å². The number of benzene rings is 3. The number of nitrogens with zero attached hydrogens (tertiary/aromatic N) is 1. The monoisotopic (exact) mass is 551 g/mol. The van der Waals surface area contributed by atoms with Crippen LogP contribution in [0, 0.1) is 0 Å². The Morgan fingerprint density at radius 2 is 1.45 bits per heavy atom. The zero-order valence-electron chi connectivity index (χ0n) is 21.5. The van der Waals surface area contributed by atoms with Crippen molar-refractivity contribution in [2.45, 2.75) is 50.6 Å². The van der Waals surface area contributed by atoms with Crippen LogP contribution in [0.4, 0.5) is 13.2 Å². The summed E-state index contributed by atoms with van der Waals surface area (Å²) in [5.41, 5.74) is 1.12. The summed E-state index contributed by atoms with van der Waals surface area (Å²) in [5, 5.41) is 5.11. The van der Waals surface area contributed by atoms with Crippen LogP contribution in [0.2, 0.25) is 0 Å². The van der Waals surface area contributed by atoms with Gasteiger partial charge in [-0.3, -0.25) is 19.2 Å². The summed E-state index contributed by atoms with van der Waals surface area (Å²) in [5.74, 6) is -2.59. The number of carbonyl (C=O) groups excluding carboxylic acids is 4. The number of rotatable bonds is 10. The predicted molar refractivity (Wildman–Crippen MR) is 140 cm³/mol. The lowest BCUT2D eigenvalue weighted by atomic mass is 10.0. The molecule has 40 heavy (non-hydrogen) atoms. The van der Waals surface area contributed by atoms with Crippen LogP contribution in [0.25, 0.3) is 0 Å². The fraction of sp³-hybridized carbons (Fsp3) is 0.267. The van der Waals surface area contributed by atoms with Gasteiger partial charge < -0.3 is 15.5 Å². The maximum Gasteiger partial charge on any atom is 0.416 e. The second kappa shape index (κ2) is 12.6. The Morgan fingerprint density at radius 3 is 2.05 bits per heavy atom. The first-order chi connectivity index (χ1) is 19.1. The third-order valence-electron chi connectivity index (χ3n) is 6.70. The summed E-state index contributed by atoms with van der Waals surface area (Å²) in [4.78, 5) is 53.3. The molecule has 208 valence electrons. The van der Waals surface area contributed by atoms with E-state index in [0.717, 1.165) is 17.7 Å². The fourth-order valence-electron chi connectivity index (χ4n) is 4.55. The van der Waals surface area contributed by atoms with Crippen molar-refractivity contribution < 1.29 is 32.3 Å². The van der Waals surface area contributed by atoms with Crippen LogP contribution < -0.4 is 10.6 Å². The van der Waals surface area contributed by atoms with E-state index in [1.165, 1.54) is 17.0 Å². The minimum atomic E-state index is -4.48. The number of alkyl halides is 3. The molecular formula is C30H28F3N3O4. The Balaban J connectivity index is 1.45. The van der Waals surface area contributed by atoms with Gasteiger partial charge in [-0.05, 0) is 35.2 Å². The van der Waals surface area contributed by atoms with Gasteiger partial charge in [0, 0.05) is 25.9 Å². The molecule has 3 aromatic carbocycles. The summed E-state index contributed by atoms with van der Waals surface area (Å²) in [6.07, 6.45) is -3.97. The third-order valence-corrected chi connectivity index (χ3v) is 6.70. The molecule has 0 radical (unpaired) electrons. The van der Waals surface area contributed by atoms with Crippen LogP contribution in [0.3, 0.4) is 0 Å². The van der Waals surface area contributed by atoms with E-state index in [4.69, 9.17) is 0 Å². The largest absolute Gasteiger partial charge is 0.416 e. The summed E-state index contributed by atoms with van der Waals surface area (Å²) in [7, 11) is 0. The molecule has 1 saturated heterocycles. The summed E-state index contributed by atoms with van der Waals surface area (Å²) in [6, 6.07) is 20.3. The number of amides is 3. The van der Waals surface area contributed by atoms with Crippen molar-refractivity contribution in [2.24, 2.45) is 0 Å². The van der Waals surface area contributed by atoms with Gasteiger partial charge in [0.25, 0.3) is 5.91 Å². The minimum Gasteiger partial charge on any atom is -0.345 e. The van der Waals surface area contributed by atoms with Crippen LogP contribution in [0.1, 0.15) is 35.1 Å². The standard InChI is InChI=1S/C30H28F3N3O4/c31-30(32,33)23-13-11-21(12-14-23)18-34-29(40)27(38)24(17-20-7-3-1-4-8-20)35-28(39)25-15-16-26(37)36(25)19-22-9-5-2-6-10-22/h1-14,24-25H,15-19H2,(H,34,40)(H,35,39)/t24?,25-/m0/s1. The van der Waals surface area contributed by atoms with Gasteiger partial charge in [0.15, 0.2) is 0 Å². The first-order valence-corrected chi connectivity index (χ1v) is 12.8. The van der Waals surface area contributed by atoms with Gasteiger partial charge in [0.1, 0.15) is 12.1 Å². The molecule has 1 fully saturated rings. The summed E-state index contributed by atoms with van der Waals surface area (Å²) >= 11 is 0. The molecule has 3 amide bonds. The quantitative estimate of drug-likeness (QED) is 0.375. The average Bonchev–Trinajstić information content (AvgIpc) is 3.31. The Morgan fingerprint density at radius 1 is 0.850 bits per heavy atom. The number of ketones is 1. The maximum atomic E-state index is 13.3. The van der Waals surface area contributed by atoms with Gasteiger partial charge >= 0.3 is 6.18 Å². The van der Waals surface area contributed by atoms with Gasteiger partial charge in [-0.15, -0.1) is 0 Å². The van der Waals surface area contributed by atoms with Gasteiger partial charge in [-0.1, -0.05) is 72.8 Å². The number of nitrogens with one attached hydrogen (secondary N) is 2. The van der Waals surface area contributed by atoms with E-state index in [9.17, 15) is 32.3 Å². The lowest BCUT2D eigenvalue weighted by Crippen LogP contribution is -2.53. The zero-order chi connectivity index (χ0) is 28.7. The molecule has 1 aliphatic heterocycles. The van der Waals surface area contributed by atoms with E-state index in [1.807, 2.05) is 30.3 Å². The summed E-state index contributed by atoms with van der Waals surface area (Å²) < 4.78 is 38.4. The second-order valence-corrected chi connectivity index (χ2v) is 9.55. The number of halogens is 3. The highest BCUT2D eigenvalue weighted by Crippen LogP contribution is 2.29. The maximum absolute atomic E-state index is 13.3. The predicted octanol–water partition coefficient (Wildman–Crippen LogP) is 3.81. The smallest absolute Gasteiger partial charge is 0.345 e. The lowest BCUT2D eigenvalue weighted by Gasteiger charge is -2.26. The topological polar surface area (TPSA) is 95.6 Å². The number of hydrogen-bond acceptors (Lipinski definition) is 4. The number of hydrogen-bond donors (Lipinski definition) is 2. The third kappa shape index (κ3) is 7.34. The zero-order valence-corrected chi connectivity index (χ0v) is 21.5. The molecule has 0 bridgehead atoms. The minimum absolute atomic E-state index is 0.0401. The molecule has 0 saturated carbocycles. The number of Topliss-reactive ketones (excluding diaryl/α,β-unsaturated/α-hetero) is 1. The SMILES string of the molecule is O=C(NCc1ccc(C(F)(F)F)cc1)C(=O)C(Cc1ccccc1)NC(=O)[C@@H]1CCC(=O)N1Cc1ccccc1. The van der Waals surface area contributed by atoms with Crippen LogP contribution >= 0.6 is 0 Å². The van der Waals surface area contributed by atoms with Crippen molar-refractivity contribution in [3.05, 3.63) is 107 Å². The van der Waals surface area contributed by atoms with Crippen molar-refractivity contribution in [3.63, 3.8) is 0 Å². The van der Waals surface area contributed by atoms with E-state index >= 15 is 0 Å². The van der Waals surface area contributed by atoms with E-state index in [0.29, 0.717) is 11.1 Å². The van der Waals surface area contributed by atoms with E-state index in [-0.39, 0.29) is 38.3 Å². The van der Waals surface area contributed by atoms with Crippen molar-refractivity contribution in [2.75, 3.05) is 0 Å². The first-order valence-electron chi connectivity index (χ1n) is 12.8. The molecule has 2 atom stereocenters. The fourth-order valence-corrected chi connectivity index (χ4v) is 4.55. The van der Waals surface area contributed by atoms with Crippen LogP contribution in [0.15, 0.2) is 84.9 Å². The molecule has 0 aromatic heterocycles. The van der Waals surface area contributed by atoms with Crippen molar-refractivity contribution in [1.29, 1.82) is 0 Å². The highest BCUT2D eigenvalue weighted by molar-refractivity contribution is 6.38. The molecule has 1 aliphatic rings. The molecule has 1 heterocycles. The Labute approximate surface area is 229 Å². The number of likely N-dealkylation sites (tertiary alicyclic amines) is 1. The lowest BCUT2D eigenvalue weighted by molar-refractivity contribution is -0.141. The molecule has 0 aliphatic carbocycles.